The molecule has 0 spiro atoms. The van der Waals surface area contributed by atoms with Crippen LogP contribution in [0.25, 0.3) is 11.3 Å². The second kappa shape index (κ2) is 11.0. The molecule has 38 heavy (non-hydrogen) atoms. The molecule has 0 saturated heterocycles. The maximum atomic E-state index is 13.2. The number of carbonyl (C=O) groups is 2. The minimum atomic E-state index is -0.324. The molecule has 1 fully saturated rings. The van der Waals surface area contributed by atoms with Crippen molar-refractivity contribution in [1.82, 2.24) is 4.98 Å². The van der Waals surface area contributed by atoms with Gasteiger partial charge in [0.15, 0.2) is 16.6 Å². The van der Waals surface area contributed by atoms with Crippen molar-refractivity contribution in [3.8, 4) is 28.5 Å². The van der Waals surface area contributed by atoms with Crippen LogP contribution in [0.2, 0.25) is 0 Å². The molecule has 5 rings (SSSR count). The molecule has 1 saturated carbocycles. The van der Waals surface area contributed by atoms with Gasteiger partial charge < -0.3 is 19.1 Å². The SMILES string of the molecule is COc1cc(C(=O)Nc2nc(-c3ccc4c(c3)CCN4C(=O)C3CCCCC3)c(C)s2)cc(OC)c1OC. The molecule has 0 unspecified atom stereocenters. The van der Waals surface area contributed by atoms with Crippen LogP contribution < -0.4 is 24.4 Å². The van der Waals surface area contributed by atoms with Crippen LogP contribution in [0.5, 0.6) is 17.2 Å². The van der Waals surface area contributed by atoms with Crippen molar-refractivity contribution in [2.75, 3.05) is 38.1 Å². The molecule has 1 aliphatic heterocycles. The third kappa shape index (κ3) is 4.95. The first-order valence-electron chi connectivity index (χ1n) is 13.0. The fraction of sp³-hybridized carbons (Fsp3) is 0.414. The molecule has 1 N–H and O–H groups in total. The van der Waals surface area contributed by atoms with Gasteiger partial charge in [0.25, 0.3) is 5.91 Å². The van der Waals surface area contributed by atoms with Gasteiger partial charge in [-0.15, -0.1) is 11.3 Å². The van der Waals surface area contributed by atoms with E-state index in [4.69, 9.17) is 19.2 Å². The van der Waals surface area contributed by atoms with Gasteiger partial charge in [-0.05, 0) is 56.0 Å². The predicted octanol–water partition coefficient (Wildman–Crippen LogP) is 5.87. The van der Waals surface area contributed by atoms with Crippen molar-refractivity contribution < 1.29 is 23.8 Å². The van der Waals surface area contributed by atoms with Crippen LogP contribution >= 0.6 is 11.3 Å². The summed E-state index contributed by atoms with van der Waals surface area (Å²) in [4.78, 5) is 33.9. The Morgan fingerprint density at radius 2 is 1.71 bits per heavy atom. The van der Waals surface area contributed by atoms with Gasteiger partial charge in [0.2, 0.25) is 11.7 Å². The fourth-order valence-electron chi connectivity index (χ4n) is 5.45. The van der Waals surface area contributed by atoms with Gasteiger partial charge in [-0.1, -0.05) is 25.3 Å². The Hall–Kier alpha value is -3.59. The lowest BCUT2D eigenvalue weighted by Crippen LogP contribution is -2.35. The Labute approximate surface area is 226 Å². The van der Waals surface area contributed by atoms with Crippen LogP contribution in [0.1, 0.15) is 52.9 Å². The Morgan fingerprint density at radius 1 is 1.00 bits per heavy atom. The summed E-state index contributed by atoms with van der Waals surface area (Å²) in [5, 5.41) is 3.41. The van der Waals surface area contributed by atoms with Crippen LogP contribution in [0, 0.1) is 12.8 Å². The third-order valence-electron chi connectivity index (χ3n) is 7.41. The van der Waals surface area contributed by atoms with E-state index in [2.05, 4.69) is 11.4 Å². The maximum absolute atomic E-state index is 13.2. The van der Waals surface area contributed by atoms with Crippen molar-refractivity contribution in [3.63, 3.8) is 0 Å². The van der Waals surface area contributed by atoms with Gasteiger partial charge in [0.05, 0.1) is 27.0 Å². The molecule has 2 amide bonds. The standard InChI is InChI=1S/C29H33N3O5S/c1-17-25(20-10-11-22-19(14-20)12-13-32(22)28(34)18-8-6-5-7-9-18)30-29(38-17)31-27(33)21-15-23(35-2)26(37-4)24(16-21)36-3/h10-11,14-16,18H,5-9,12-13H2,1-4H3,(H,30,31,33). The fourth-order valence-corrected chi connectivity index (χ4v) is 6.28. The first-order valence-corrected chi connectivity index (χ1v) is 13.8. The van der Waals surface area contributed by atoms with E-state index >= 15 is 0 Å². The highest BCUT2D eigenvalue weighted by Gasteiger charge is 2.31. The van der Waals surface area contributed by atoms with E-state index in [1.807, 2.05) is 24.0 Å². The lowest BCUT2D eigenvalue weighted by molar-refractivity contribution is -0.123. The van der Waals surface area contributed by atoms with Gasteiger partial charge >= 0.3 is 0 Å². The summed E-state index contributed by atoms with van der Waals surface area (Å²) in [6, 6.07) is 9.43. The van der Waals surface area contributed by atoms with Gasteiger partial charge in [-0.2, -0.15) is 0 Å². The number of anilines is 2. The van der Waals surface area contributed by atoms with Crippen molar-refractivity contribution >= 4 is 34.0 Å². The quantitative estimate of drug-likeness (QED) is 0.407. The monoisotopic (exact) mass is 535 g/mol. The van der Waals surface area contributed by atoms with Crippen molar-refractivity contribution in [3.05, 3.63) is 46.3 Å². The molecular weight excluding hydrogens is 502 g/mol. The Bertz CT molecular complexity index is 1340. The van der Waals surface area contributed by atoms with E-state index in [1.54, 1.807) is 12.1 Å². The highest BCUT2D eigenvalue weighted by atomic mass is 32.1. The molecule has 8 nitrogen and oxygen atoms in total. The number of ether oxygens (including phenoxy) is 3. The summed E-state index contributed by atoms with van der Waals surface area (Å²) < 4.78 is 16.1. The van der Waals surface area contributed by atoms with Crippen LogP contribution in [0.4, 0.5) is 10.8 Å². The number of nitrogens with zero attached hydrogens (tertiary/aromatic N) is 2. The van der Waals surface area contributed by atoms with Crippen LogP contribution in [-0.2, 0) is 11.2 Å². The third-order valence-corrected chi connectivity index (χ3v) is 8.30. The van der Waals surface area contributed by atoms with Gasteiger partial charge in [-0.3, -0.25) is 14.9 Å². The normalized spacial score (nSPS) is 15.2. The number of carbonyl (C=O) groups excluding carboxylic acids is 2. The van der Waals surface area contributed by atoms with Crippen molar-refractivity contribution in [2.24, 2.45) is 5.92 Å². The van der Waals surface area contributed by atoms with E-state index in [0.29, 0.717) is 27.9 Å². The Kier molecular flexibility index (Phi) is 7.56. The van der Waals surface area contributed by atoms with E-state index in [1.165, 1.54) is 44.7 Å². The van der Waals surface area contributed by atoms with Crippen LogP contribution in [0.3, 0.4) is 0 Å². The number of rotatable bonds is 7. The molecule has 1 aliphatic carbocycles. The summed E-state index contributed by atoms with van der Waals surface area (Å²) in [5.41, 5.74) is 4.37. The van der Waals surface area contributed by atoms with E-state index in [-0.39, 0.29) is 17.7 Å². The topological polar surface area (TPSA) is 90.0 Å². The molecule has 3 aromatic rings. The van der Waals surface area contributed by atoms with E-state index in [0.717, 1.165) is 60.5 Å². The number of amides is 2. The molecule has 200 valence electrons. The van der Waals surface area contributed by atoms with E-state index in [9.17, 15) is 9.59 Å². The van der Waals surface area contributed by atoms with E-state index < -0.39 is 0 Å². The number of benzene rings is 2. The zero-order chi connectivity index (χ0) is 26.8. The summed E-state index contributed by atoms with van der Waals surface area (Å²) in [5.74, 6) is 1.35. The molecular formula is C29H33N3O5S. The van der Waals surface area contributed by atoms with Crippen LogP contribution in [-0.4, -0.2) is 44.7 Å². The summed E-state index contributed by atoms with van der Waals surface area (Å²) in [6.07, 6.45) is 6.39. The number of aryl methyl sites for hydroxylation is 1. The molecule has 1 aromatic heterocycles. The number of fused-ring (bicyclic) bond motifs is 1. The molecule has 2 heterocycles. The highest BCUT2D eigenvalue weighted by Crippen LogP contribution is 2.40. The number of thiazole rings is 1. The molecule has 0 radical (unpaired) electrons. The lowest BCUT2D eigenvalue weighted by Gasteiger charge is -2.26. The highest BCUT2D eigenvalue weighted by molar-refractivity contribution is 7.16. The molecule has 0 bridgehead atoms. The van der Waals surface area contributed by atoms with Gasteiger partial charge in [0, 0.05) is 34.2 Å². The van der Waals surface area contributed by atoms with Crippen molar-refractivity contribution in [2.45, 2.75) is 45.4 Å². The maximum Gasteiger partial charge on any atom is 0.257 e. The zero-order valence-electron chi connectivity index (χ0n) is 22.3. The number of hydrogen-bond donors (Lipinski definition) is 1. The zero-order valence-corrected chi connectivity index (χ0v) is 23.1. The van der Waals surface area contributed by atoms with Crippen molar-refractivity contribution in [1.29, 1.82) is 0 Å². The summed E-state index contributed by atoms with van der Waals surface area (Å²) in [7, 11) is 4.54. The first kappa shape index (κ1) is 26.0. The lowest BCUT2D eigenvalue weighted by atomic mass is 9.88. The van der Waals surface area contributed by atoms with Gasteiger partial charge in [-0.25, -0.2) is 4.98 Å². The number of methoxy groups -OCH3 is 3. The minimum Gasteiger partial charge on any atom is -0.493 e. The number of hydrogen-bond acceptors (Lipinski definition) is 7. The smallest absolute Gasteiger partial charge is 0.257 e. The second-order valence-corrected chi connectivity index (χ2v) is 10.9. The second-order valence-electron chi connectivity index (χ2n) is 9.71. The minimum absolute atomic E-state index is 0.159. The molecule has 9 heteroatoms. The Morgan fingerprint density at radius 3 is 2.37 bits per heavy atom. The number of nitrogens with one attached hydrogen (secondary N) is 1. The molecule has 0 atom stereocenters. The summed E-state index contributed by atoms with van der Waals surface area (Å²) >= 11 is 1.42. The van der Waals surface area contributed by atoms with Gasteiger partial charge in [0.1, 0.15) is 0 Å². The number of aromatic nitrogens is 1. The largest absolute Gasteiger partial charge is 0.493 e. The van der Waals surface area contributed by atoms with Crippen LogP contribution in [0.15, 0.2) is 30.3 Å². The first-order chi connectivity index (χ1) is 18.4. The summed E-state index contributed by atoms with van der Waals surface area (Å²) in [6.45, 7) is 2.73. The molecule has 2 aliphatic rings. The Balaban J connectivity index is 1.34. The average Bonchev–Trinajstić information content (AvgIpc) is 3.54. The average molecular weight is 536 g/mol. The molecule has 2 aromatic carbocycles. The predicted molar refractivity (Wildman–Crippen MR) is 149 cm³/mol.